The molecule has 0 radical (unpaired) electrons. The Balaban J connectivity index is 4.68. The van der Waals surface area contributed by atoms with Gasteiger partial charge in [0.05, 0.1) is 0 Å². The van der Waals surface area contributed by atoms with E-state index < -0.39 is 11.6 Å². The maximum atomic E-state index is 12.0. The molecule has 0 bridgehead atoms. The standard InChI is InChI=1S/C14H27NO3/c1-8-10(4)12(16)15-11(9(2)3)13(17)18-14(5,6)7/h9-11H,8H2,1-7H3,(H,15,16)/t10?,11-/m1/s1. The quantitative estimate of drug-likeness (QED) is 0.770. The van der Waals surface area contributed by atoms with Crippen LogP contribution in [0.15, 0.2) is 0 Å². The number of ether oxygens (including phenoxy) is 1. The third-order valence-electron chi connectivity index (χ3n) is 2.69. The predicted molar refractivity (Wildman–Crippen MR) is 72.1 cm³/mol. The fraction of sp³-hybridized carbons (Fsp3) is 0.857. The molecule has 0 aromatic rings. The molecule has 0 aromatic heterocycles. The van der Waals surface area contributed by atoms with E-state index in [1.807, 2.05) is 48.5 Å². The molecular formula is C14H27NO3. The van der Waals surface area contributed by atoms with E-state index in [9.17, 15) is 9.59 Å². The van der Waals surface area contributed by atoms with E-state index in [1.54, 1.807) is 0 Å². The van der Waals surface area contributed by atoms with Crippen LogP contribution in [0.3, 0.4) is 0 Å². The van der Waals surface area contributed by atoms with E-state index in [-0.39, 0.29) is 23.7 Å². The molecule has 0 fully saturated rings. The Morgan fingerprint density at radius 2 is 1.67 bits per heavy atom. The maximum Gasteiger partial charge on any atom is 0.329 e. The topological polar surface area (TPSA) is 55.4 Å². The summed E-state index contributed by atoms with van der Waals surface area (Å²) in [6.07, 6.45) is 0.755. The first-order valence-electron chi connectivity index (χ1n) is 6.61. The molecule has 0 aromatic carbocycles. The van der Waals surface area contributed by atoms with Gasteiger partial charge in [0, 0.05) is 5.92 Å². The zero-order valence-electron chi connectivity index (χ0n) is 12.7. The second kappa shape index (κ2) is 6.76. The minimum absolute atomic E-state index is 0.00727. The summed E-state index contributed by atoms with van der Waals surface area (Å²) in [4.78, 5) is 23.8. The normalized spacial score (nSPS) is 15.1. The summed E-state index contributed by atoms with van der Waals surface area (Å²) in [6, 6.07) is -0.578. The van der Waals surface area contributed by atoms with Gasteiger partial charge >= 0.3 is 5.97 Å². The monoisotopic (exact) mass is 257 g/mol. The molecule has 0 aliphatic rings. The van der Waals surface area contributed by atoms with E-state index in [1.165, 1.54) is 0 Å². The first kappa shape index (κ1) is 16.9. The molecule has 4 nitrogen and oxygen atoms in total. The van der Waals surface area contributed by atoms with Crippen LogP contribution < -0.4 is 5.32 Å². The highest BCUT2D eigenvalue weighted by Gasteiger charge is 2.29. The maximum absolute atomic E-state index is 12.0. The second-order valence-corrected chi connectivity index (χ2v) is 6.07. The zero-order valence-corrected chi connectivity index (χ0v) is 12.7. The van der Waals surface area contributed by atoms with Crippen molar-refractivity contribution in [3.05, 3.63) is 0 Å². The van der Waals surface area contributed by atoms with Crippen LogP contribution in [0.5, 0.6) is 0 Å². The molecule has 0 aliphatic heterocycles. The van der Waals surface area contributed by atoms with Crippen molar-refractivity contribution in [2.24, 2.45) is 11.8 Å². The number of nitrogens with one attached hydrogen (secondary N) is 1. The molecular weight excluding hydrogens is 230 g/mol. The summed E-state index contributed by atoms with van der Waals surface area (Å²) in [7, 11) is 0. The average molecular weight is 257 g/mol. The Hall–Kier alpha value is -1.06. The van der Waals surface area contributed by atoms with Crippen molar-refractivity contribution >= 4 is 11.9 Å². The van der Waals surface area contributed by atoms with Crippen LogP contribution in [-0.2, 0) is 14.3 Å². The Bertz CT molecular complexity index is 292. The highest BCUT2D eigenvalue weighted by Crippen LogP contribution is 2.13. The van der Waals surface area contributed by atoms with Crippen molar-refractivity contribution < 1.29 is 14.3 Å². The van der Waals surface area contributed by atoms with Crippen molar-refractivity contribution in [3.8, 4) is 0 Å². The van der Waals surface area contributed by atoms with Crippen LogP contribution in [0.2, 0.25) is 0 Å². The molecule has 106 valence electrons. The first-order valence-corrected chi connectivity index (χ1v) is 6.61. The van der Waals surface area contributed by atoms with Gasteiger partial charge in [-0.2, -0.15) is 0 Å². The molecule has 1 amide bonds. The summed E-state index contributed by atoms with van der Waals surface area (Å²) < 4.78 is 5.32. The van der Waals surface area contributed by atoms with Crippen molar-refractivity contribution in [2.45, 2.75) is 66.5 Å². The fourth-order valence-corrected chi connectivity index (χ4v) is 1.34. The van der Waals surface area contributed by atoms with Crippen molar-refractivity contribution in [1.82, 2.24) is 5.32 Å². The number of amides is 1. The lowest BCUT2D eigenvalue weighted by molar-refractivity contribution is -0.160. The third-order valence-corrected chi connectivity index (χ3v) is 2.69. The van der Waals surface area contributed by atoms with Crippen LogP contribution in [0.25, 0.3) is 0 Å². The molecule has 0 heterocycles. The second-order valence-electron chi connectivity index (χ2n) is 6.07. The van der Waals surface area contributed by atoms with E-state index in [4.69, 9.17) is 4.74 Å². The van der Waals surface area contributed by atoms with Crippen molar-refractivity contribution in [2.75, 3.05) is 0 Å². The van der Waals surface area contributed by atoms with Gasteiger partial charge in [-0.1, -0.05) is 27.7 Å². The van der Waals surface area contributed by atoms with Gasteiger partial charge in [-0.15, -0.1) is 0 Å². The van der Waals surface area contributed by atoms with Crippen LogP contribution in [-0.4, -0.2) is 23.5 Å². The number of hydrogen-bond acceptors (Lipinski definition) is 3. The fourth-order valence-electron chi connectivity index (χ4n) is 1.34. The van der Waals surface area contributed by atoms with Crippen LogP contribution >= 0.6 is 0 Å². The highest BCUT2D eigenvalue weighted by molar-refractivity contribution is 5.85. The molecule has 0 rings (SSSR count). The Morgan fingerprint density at radius 1 is 1.17 bits per heavy atom. The molecule has 0 aliphatic carbocycles. The Labute approximate surface area is 110 Å². The number of hydrogen-bond donors (Lipinski definition) is 1. The minimum atomic E-state index is -0.578. The summed E-state index contributed by atoms with van der Waals surface area (Å²) in [5.74, 6) is -0.544. The molecule has 2 atom stereocenters. The average Bonchev–Trinajstić information content (AvgIpc) is 2.21. The zero-order chi connectivity index (χ0) is 14.5. The van der Waals surface area contributed by atoms with Gasteiger partial charge in [0.25, 0.3) is 0 Å². The summed E-state index contributed by atoms with van der Waals surface area (Å²) in [6.45, 7) is 13.0. The minimum Gasteiger partial charge on any atom is -0.458 e. The summed E-state index contributed by atoms with van der Waals surface area (Å²) in [5.41, 5.74) is -0.536. The van der Waals surface area contributed by atoms with Crippen LogP contribution in [0, 0.1) is 11.8 Å². The number of rotatable bonds is 5. The molecule has 0 spiro atoms. The SMILES string of the molecule is CCC(C)C(=O)N[C@@H](C(=O)OC(C)(C)C)C(C)C. The molecule has 1 unspecified atom stereocenters. The summed E-state index contributed by atoms with van der Waals surface area (Å²) >= 11 is 0. The van der Waals surface area contributed by atoms with Gasteiger partial charge in [0.1, 0.15) is 11.6 Å². The van der Waals surface area contributed by atoms with E-state index in [0.29, 0.717) is 0 Å². The summed E-state index contributed by atoms with van der Waals surface area (Å²) in [5, 5.41) is 2.78. The van der Waals surface area contributed by atoms with Gasteiger partial charge in [-0.05, 0) is 33.1 Å². The number of carbonyl (C=O) groups is 2. The molecule has 1 N–H and O–H groups in total. The van der Waals surface area contributed by atoms with Gasteiger partial charge < -0.3 is 10.1 Å². The van der Waals surface area contributed by atoms with Gasteiger partial charge in [0.2, 0.25) is 5.91 Å². The third kappa shape index (κ3) is 6.03. The first-order chi connectivity index (χ1) is 8.08. The molecule has 4 heteroatoms. The number of carbonyl (C=O) groups excluding carboxylic acids is 2. The van der Waals surface area contributed by atoms with Crippen LogP contribution in [0.1, 0.15) is 54.9 Å². The van der Waals surface area contributed by atoms with E-state index in [2.05, 4.69) is 5.32 Å². The predicted octanol–water partition coefficient (Wildman–Crippen LogP) is 2.52. The van der Waals surface area contributed by atoms with Gasteiger partial charge in [-0.3, -0.25) is 4.79 Å². The Kier molecular flexibility index (Phi) is 6.36. The van der Waals surface area contributed by atoms with Crippen LogP contribution in [0.4, 0.5) is 0 Å². The van der Waals surface area contributed by atoms with Gasteiger partial charge in [0.15, 0.2) is 0 Å². The lowest BCUT2D eigenvalue weighted by Crippen LogP contribution is -2.48. The Morgan fingerprint density at radius 3 is 2.00 bits per heavy atom. The molecule has 0 saturated carbocycles. The van der Waals surface area contributed by atoms with Gasteiger partial charge in [-0.25, -0.2) is 4.79 Å². The highest BCUT2D eigenvalue weighted by atomic mass is 16.6. The van der Waals surface area contributed by atoms with E-state index in [0.717, 1.165) is 6.42 Å². The largest absolute Gasteiger partial charge is 0.458 e. The molecule has 0 saturated heterocycles. The van der Waals surface area contributed by atoms with Crippen molar-refractivity contribution in [1.29, 1.82) is 0 Å². The number of esters is 1. The lowest BCUT2D eigenvalue weighted by atomic mass is 10.0. The lowest BCUT2D eigenvalue weighted by Gasteiger charge is -2.27. The van der Waals surface area contributed by atoms with Crippen molar-refractivity contribution in [3.63, 3.8) is 0 Å². The molecule has 18 heavy (non-hydrogen) atoms. The van der Waals surface area contributed by atoms with E-state index >= 15 is 0 Å². The smallest absolute Gasteiger partial charge is 0.329 e.